The molecule has 0 saturated carbocycles. The van der Waals surface area contributed by atoms with Gasteiger partial charge in [0.15, 0.2) is 5.82 Å². The third-order valence-electron chi connectivity index (χ3n) is 4.09. The lowest BCUT2D eigenvalue weighted by Crippen LogP contribution is -2.19. The molecule has 4 aromatic rings. The summed E-state index contributed by atoms with van der Waals surface area (Å²) in [6.07, 6.45) is 0.0233. The van der Waals surface area contributed by atoms with Crippen molar-refractivity contribution in [2.45, 2.75) is 19.6 Å². The highest BCUT2D eigenvalue weighted by molar-refractivity contribution is 6.12. The van der Waals surface area contributed by atoms with Gasteiger partial charge in [-0.05, 0) is 13.0 Å². The Labute approximate surface area is 161 Å². The van der Waals surface area contributed by atoms with Gasteiger partial charge in [-0.3, -0.25) is 14.2 Å². The normalized spacial score (nSPS) is 11.9. The molecule has 29 heavy (non-hydrogen) atoms. The zero-order chi connectivity index (χ0) is 20.8. The predicted octanol–water partition coefficient (Wildman–Crippen LogP) is 2.94. The monoisotopic (exact) mass is 405 g/mol. The van der Waals surface area contributed by atoms with Crippen LogP contribution in [0.2, 0.25) is 0 Å². The van der Waals surface area contributed by atoms with Crippen molar-refractivity contribution in [3.8, 4) is 11.3 Å². The van der Waals surface area contributed by atoms with E-state index < -0.39 is 18.6 Å². The first-order valence-electron chi connectivity index (χ1n) is 8.37. The number of anilines is 1. The average molecular weight is 405 g/mol. The number of halogens is 3. The summed E-state index contributed by atoms with van der Waals surface area (Å²) in [6, 6.07) is 2.83. The Kier molecular flexibility index (Phi) is 4.32. The smallest absolute Gasteiger partial charge is 0.335 e. The standard InChI is InChI=1S/C17H14F3N7O2/c1-9-14-11(15(28)23-13-3-4-27(24-13)8-17(18,19)20)5-12(22-16(14)29-25-9)10-6-21-26(2)7-10/h3-7H,8H2,1-2H3,(H,23,24,28). The van der Waals surface area contributed by atoms with Gasteiger partial charge in [-0.2, -0.15) is 23.4 Å². The molecular formula is C17H14F3N7O2. The van der Waals surface area contributed by atoms with Gasteiger partial charge in [-0.15, -0.1) is 0 Å². The number of alkyl halides is 3. The summed E-state index contributed by atoms with van der Waals surface area (Å²) < 4.78 is 45.0. The number of rotatable bonds is 4. The average Bonchev–Trinajstić information content (AvgIpc) is 3.34. The number of amides is 1. The van der Waals surface area contributed by atoms with Crippen LogP contribution in [0.1, 0.15) is 16.1 Å². The molecule has 0 spiro atoms. The number of fused-ring (bicyclic) bond motifs is 1. The molecule has 150 valence electrons. The lowest BCUT2D eigenvalue weighted by Gasteiger charge is -2.07. The van der Waals surface area contributed by atoms with Gasteiger partial charge in [0.25, 0.3) is 11.6 Å². The van der Waals surface area contributed by atoms with E-state index in [9.17, 15) is 18.0 Å². The van der Waals surface area contributed by atoms with Gasteiger partial charge < -0.3 is 9.84 Å². The largest absolute Gasteiger partial charge is 0.408 e. The molecule has 0 aliphatic carbocycles. The highest BCUT2D eigenvalue weighted by Gasteiger charge is 2.28. The van der Waals surface area contributed by atoms with Crippen molar-refractivity contribution in [3.05, 3.63) is 42.0 Å². The number of carbonyl (C=O) groups is 1. The van der Waals surface area contributed by atoms with E-state index in [2.05, 4.69) is 25.7 Å². The summed E-state index contributed by atoms with van der Waals surface area (Å²) in [6.45, 7) is 0.407. The van der Waals surface area contributed by atoms with Crippen molar-refractivity contribution < 1.29 is 22.5 Å². The zero-order valence-electron chi connectivity index (χ0n) is 15.2. The molecule has 9 nitrogen and oxygen atoms in total. The van der Waals surface area contributed by atoms with Crippen molar-refractivity contribution >= 4 is 22.8 Å². The molecular weight excluding hydrogens is 391 g/mol. The van der Waals surface area contributed by atoms with Gasteiger partial charge in [-0.25, -0.2) is 4.98 Å². The summed E-state index contributed by atoms with van der Waals surface area (Å²) in [4.78, 5) is 17.2. The van der Waals surface area contributed by atoms with Gasteiger partial charge in [-0.1, -0.05) is 5.16 Å². The van der Waals surface area contributed by atoms with Gasteiger partial charge in [0.1, 0.15) is 6.54 Å². The number of nitrogens with zero attached hydrogens (tertiary/aromatic N) is 6. The second-order valence-electron chi connectivity index (χ2n) is 6.37. The predicted molar refractivity (Wildman–Crippen MR) is 95.0 cm³/mol. The van der Waals surface area contributed by atoms with Crippen LogP contribution in [0, 0.1) is 6.92 Å². The lowest BCUT2D eigenvalue weighted by atomic mass is 10.1. The molecule has 0 unspecified atom stereocenters. The lowest BCUT2D eigenvalue weighted by molar-refractivity contribution is -0.142. The Bertz CT molecular complexity index is 1210. The number of nitrogens with one attached hydrogen (secondary N) is 1. The highest BCUT2D eigenvalue weighted by atomic mass is 19.4. The van der Waals surface area contributed by atoms with E-state index in [4.69, 9.17) is 4.52 Å². The fraction of sp³-hybridized carbons (Fsp3) is 0.235. The van der Waals surface area contributed by atoms with E-state index in [0.29, 0.717) is 27.0 Å². The molecule has 0 atom stereocenters. The molecule has 4 heterocycles. The Balaban J connectivity index is 1.69. The first-order valence-corrected chi connectivity index (χ1v) is 8.37. The SMILES string of the molecule is Cc1noc2nc(-c3cnn(C)c3)cc(C(=O)Nc3ccn(CC(F)(F)F)n3)c12. The van der Waals surface area contributed by atoms with Crippen LogP contribution in [0.15, 0.2) is 35.2 Å². The van der Waals surface area contributed by atoms with E-state index in [1.54, 1.807) is 37.1 Å². The molecule has 0 aliphatic rings. The van der Waals surface area contributed by atoms with Gasteiger partial charge in [0.2, 0.25) is 0 Å². The topological polar surface area (TPSA) is 104 Å². The van der Waals surface area contributed by atoms with Crippen LogP contribution in [0.3, 0.4) is 0 Å². The minimum atomic E-state index is -4.41. The molecule has 1 N–H and O–H groups in total. The van der Waals surface area contributed by atoms with E-state index in [-0.39, 0.29) is 17.1 Å². The maximum absolute atomic E-state index is 12.9. The molecule has 4 aromatic heterocycles. The van der Waals surface area contributed by atoms with Gasteiger partial charge in [0.05, 0.1) is 28.5 Å². The first kappa shape index (κ1) is 18.7. The van der Waals surface area contributed by atoms with Crippen LogP contribution in [0.25, 0.3) is 22.4 Å². The summed E-state index contributed by atoms with van der Waals surface area (Å²) in [5.41, 5.74) is 1.93. The Morgan fingerprint density at radius 2 is 2.14 bits per heavy atom. The third kappa shape index (κ3) is 3.81. The molecule has 0 radical (unpaired) electrons. The number of hydrogen-bond donors (Lipinski definition) is 1. The maximum Gasteiger partial charge on any atom is 0.408 e. The quantitative estimate of drug-likeness (QED) is 0.560. The fourth-order valence-corrected chi connectivity index (χ4v) is 2.86. The second kappa shape index (κ2) is 6.72. The number of pyridine rings is 1. The van der Waals surface area contributed by atoms with Crippen molar-refractivity contribution in [2.75, 3.05) is 5.32 Å². The first-order chi connectivity index (χ1) is 13.7. The van der Waals surface area contributed by atoms with Crippen LogP contribution in [-0.2, 0) is 13.6 Å². The van der Waals surface area contributed by atoms with Crippen molar-refractivity contribution in [1.82, 2.24) is 29.7 Å². The molecule has 0 aliphatic heterocycles. The molecule has 0 aromatic carbocycles. The van der Waals surface area contributed by atoms with Crippen LogP contribution in [0.5, 0.6) is 0 Å². The molecule has 1 amide bonds. The van der Waals surface area contributed by atoms with Crippen LogP contribution in [0.4, 0.5) is 19.0 Å². The van der Waals surface area contributed by atoms with Crippen molar-refractivity contribution in [3.63, 3.8) is 0 Å². The van der Waals surface area contributed by atoms with Crippen LogP contribution in [-0.4, -0.2) is 41.8 Å². The molecule has 0 saturated heterocycles. The fourth-order valence-electron chi connectivity index (χ4n) is 2.86. The Morgan fingerprint density at radius 1 is 1.34 bits per heavy atom. The molecule has 0 fully saturated rings. The van der Waals surface area contributed by atoms with Crippen LogP contribution >= 0.6 is 0 Å². The maximum atomic E-state index is 12.9. The highest BCUT2D eigenvalue weighted by Crippen LogP contribution is 2.27. The van der Waals surface area contributed by atoms with E-state index in [1.165, 1.54) is 6.07 Å². The third-order valence-corrected chi connectivity index (χ3v) is 4.09. The number of carbonyl (C=O) groups excluding carboxylic acids is 1. The molecule has 0 bridgehead atoms. The minimum absolute atomic E-state index is 0.0127. The van der Waals surface area contributed by atoms with Crippen LogP contribution < -0.4 is 5.32 Å². The molecule has 12 heteroatoms. The van der Waals surface area contributed by atoms with Crippen molar-refractivity contribution in [2.24, 2.45) is 7.05 Å². The Morgan fingerprint density at radius 3 is 2.83 bits per heavy atom. The van der Waals surface area contributed by atoms with Crippen molar-refractivity contribution in [1.29, 1.82) is 0 Å². The molecule has 4 rings (SSSR count). The van der Waals surface area contributed by atoms with E-state index in [1.807, 2.05) is 0 Å². The Hall–Kier alpha value is -3.70. The number of aryl methyl sites for hydroxylation is 2. The minimum Gasteiger partial charge on any atom is -0.335 e. The second-order valence-corrected chi connectivity index (χ2v) is 6.37. The van der Waals surface area contributed by atoms with E-state index in [0.717, 1.165) is 6.20 Å². The zero-order valence-corrected chi connectivity index (χ0v) is 15.2. The van der Waals surface area contributed by atoms with Gasteiger partial charge in [0, 0.05) is 31.1 Å². The van der Waals surface area contributed by atoms with E-state index >= 15 is 0 Å². The number of aromatic nitrogens is 6. The number of hydrogen-bond acceptors (Lipinski definition) is 6. The summed E-state index contributed by atoms with van der Waals surface area (Å²) in [5, 5.41) is 14.6. The summed E-state index contributed by atoms with van der Waals surface area (Å²) in [5.74, 6) is -0.590. The van der Waals surface area contributed by atoms with Gasteiger partial charge >= 0.3 is 6.18 Å². The summed E-state index contributed by atoms with van der Waals surface area (Å²) in [7, 11) is 1.74. The summed E-state index contributed by atoms with van der Waals surface area (Å²) >= 11 is 0.